The number of nitrogens with one attached hydrogen (secondary N) is 1. The van der Waals surface area contributed by atoms with E-state index >= 15 is 0 Å². The fourth-order valence-corrected chi connectivity index (χ4v) is 5.85. The van der Waals surface area contributed by atoms with Gasteiger partial charge in [0.05, 0.1) is 19.1 Å². The Kier molecular flexibility index (Phi) is 9.88. The van der Waals surface area contributed by atoms with Crippen molar-refractivity contribution in [2.75, 3.05) is 25.4 Å². The Bertz CT molecular complexity index is 1120. The quantitative estimate of drug-likeness (QED) is 0.120. The van der Waals surface area contributed by atoms with Gasteiger partial charge in [0.1, 0.15) is 18.1 Å². The van der Waals surface area contributed by atoms with E-state index in [1.54, 1.807) is 0 Å². The average Bonchev–Trinajstić information content (AvgIpc) is 3.04. The minimum Gasteiger partial charge on any atom is -0.390 e. The van der Waals surface area contributed by atoms with Crippen molar-refractivity contribution < 1.29 is 61.1 Å². The molecule has 1 aliphatic rings. The minimum absolute atomic E-state index is 0.161. The highest BCUT2D eigenvalue weighted by molar-refractivity contribution is 7.66. The van der Waals surface area contributed by atoms with E-state index in [2.05, 4.69) is 23.4 Å². The molecule has 5 atom stereocenters. The van der Waals surface area contributed by atoms with E-state index in [4.69, 9.17) is 30.9 Å². The van der Waals surface area contributed by atoms with Crippen LogP contribution in [0.4, 0.5) is 5.82 Å². The zero-order valence-corrected chi connectivity index (χ0v) is 20.3. The van der Waals surface area contributed by atoms with Gasteiger partial charge in [-0.3, -0.25) is 13.9 Å². The number of carbonyl (C=O) groups is 1. The Morgan fingerprint density at radius 3 is 2.49 bits per heavy atom. The van der Waals surface area contributed by atoms with Gasteiger partial charge in [-0.05, 0) is 0 Å². The van der Waals surface area contributed by atoms with E-state index in [0.717, 1.165) is 4.57 Å². The molecule has 2 rings (SSSR count). The Balaban J connectivity index is 2.07. The van der Waals surface area contributed by atoms with Crippen LogP contribution in [0.5, 0.6) is 0 Å². The van der Waals surface area contributed by atoms with Crippen molar-refractivity contribution in [1.29, 1.82) is 0 Å². The second kappa shape index (κ2) is 11.7. The molecule has 0 radical (unpaired) electrons. The summed E-state index contributed by atoms with van der Waals surface area (Å²) in [6.45, 7) is -0.511. The second-order valence-corrected chi connectivity index (χ2v) is 11.4. The number of anilines is 1. The molecule has 0 aromatic carbocycles. The number of aromatic nitrogens is 2. The molecule has 0 spiro atoms. The lowest BCUT2D eigenvalue weighted by molar-refractivity contribution is -0.120. The molecule has 1 aliphatic heterocycles. The number of hydrogen-bond acceptors (Lipinski definition) is 13. The number of nitrogens with zero attached hydrogens (tertiary/aromatic N) is 2. The molecule has 22 heteroatoms. The zero-order chi connectivity index (χ0) is 26.6. The summed E-state index contributed by atoms with van der Waals surface area (Å²) in [6, 6.07) is 0. The summed E-state index contributed by atoms with van der Waals surface area (Å²) >= 11 is 0. The summed E-state index contributed by atoms with van der Waals surface area (Å²) in [7, 11) is -16.7. The monoisotopic (exact) mass is 567 g/mol. The van der Waals surface area contributed by atoms with Gasteiger partial charge in [0.2, 0.25) is 5.91 Å². The Labute approximate surface area is 196 Å². The Morgan fingerprint density at radius 2 is 1.89 bits per heavy atom. The van der Waals surface area contributed by atoms with Crippen LogP contribution in [0.15, 0.2) is 11.0 Å². The smallest absolute Gasteiger partial charge is 0.390 e. The van der Waals surface area contributed by atoms with Crippen molar-refractivity contribution >= 4 is 35.2 Å². The number of nitrogen functional groups attached to an aromatic ring is 1. The van der Waals surface area contributed by atoms with E-state index in [0.29, 0.717) is 0 Å². The number of ether oxygens (including phenoxy) is 1. The summed E-state index contributed by atoms with van der Waals surface area (Å²) in [4.78, 5) is 63.5. The number of amides is 1. The summed E-state index contributed by atoms with van der Waals surface area (Å²) in [5.41, 5.74) is 10.3. The van der Waals surface area contributed by atoms with Gasteiger partial charge in [-0.15, -0.1) is 0 Å². The summed E-state index contributed by atoms with van der Waals surface area (Å²) in [6.07, 6.45) is -3.22. The summed E-state index contributed by atoms with van der Waals surface area (Å²) in [5.74, 6) is -0.660. The molecule has 0 aliphatic carbocycles. The predicted octanol–water partition coefficient (Wildman–Crippen LogP) is -2.57. The fourth-order valence-electron chi connectivity index (χ4n) is 2.82. The van der Waals surface area contributed by atoms with Gasteiger partial charge in [0.15, 0.2) is 0 Å². The third-order valence-electron chi connectivity index (χ3n) is 4.21. The number of aliphatic hydroxyl groups is 1. The number of rotatable bonds is 12. The van der Waals surface area contributed by atoms with Gasteiger partial charge in [-0.1, -0.05) is 0 Å². The highest BCUT2D eigenvalue weighted by Crippen LogP contribution is 2.66. The Hall–Kier alpha value is -1.56. The largest absolute Gasteiger partial charge is 0.490 e. The number of phosphoric acid groups is 3. The van der Waals surface area contributed by atoms with Crippen LogP contribution in [0.2, 0.25) is 0 Å². The van der Waals surface area contributed by atoms with Gasteiger partial charge in [-0.2, -0.15) is 13.6 Å². The van der Waals surface area contributed by atoms with Crippen LogP contribution < -0.4 is 22.5 Å². The first-order chi connectivity index (χ1) is 16.0. The van der Waals surface area contributed by atoms with Crippen molar-refractivity contribution in [3.8, 4) is 0 Å². The maximum Gasteiger partial charge on any atom is 0.490 e. The van der Waals surface area contributed by atoms with E-state index in [-0.39, 0.29) is 37.3 Å². The normalized spacial score (nSPS) is 24.0. The van der Waals surface area contributed by atoms with Gasteiger partial charge in [0, 0.05) is 31.3 Å². The molecule has 10 N–H and O–H groups in total. The van der Waals surface area contributed by atoms with Gasteiger partial charge in [0.25, 0.3) is 0 Å². The van der Waals surface area contributed by atoms with Crippen LogP contribution >= 0.6 is 23.5 Å². The number of carbonyl (C=O) groups excluding carboxylic acids is 1. The van der Waals surface area contributed by atoms with E-state index in [9.17, 15) is 33.3 Å². The molecule has 2 heterocycles. The highest BCUT2D eigenvalue weighted by Gasteiger charge is 2.43. The van der Waals surface area contributed by atoms with Crippen molar-refractivity contribution in [3.05, 3.63) is 22.2 Å². The molecule has 2 unspecified atom stereocenters. The highest BCUT2D eigenvalue weighted by atomic mass is 31.3. The lowest BCUT2D eigenvalue weighted by Crippen LogP contribution is -2.33. The molecule has 200 valence electrons. The average molecular weight is 567 g/mol. The van der Waals surface area contributed by atoms with E-state index < -0.39 is 60.1 Å². The fraction of sp³-hybridized carbons (Fsp3) is 0.615. The van der Waals surface area contributed by atoms with Gasteiger partial charge in [-0.25, -0.2) is 18.5 Å². The second-order valence-electron chi connectivity index (χ2n) is 6.98. The first-order valence-electron chi connectivity index (χ1n) is 9.48. The topological polar surface area (TPSA) is 305 Å². The molecule has 1 aromatic rings. The number of phosphoric ester groups is 1. The van der Waals surface area contributed by atoms with Crippen LogP contribution in [0.3, 0.4) is 0 Å². The lowest BCUT2D eigenvalue weighted by Gasteiger charge is -2.19. The van der Waals surface area contributed by atoms with Crippen molar-refractivity contribution in [1.82, 2.24) is 14.9 Å². The molecule has 19 nitrogen and oxygen atoms in total. The first-order valence-corrected chi connectivity index (χ1v) is 14.0. The molecule has 0 saturated carbocycles. The number of nitrogens with two attached hydrogens (primary N) is 2. The minimum atomic E-state index is -5.72. The number of hydrogen-bond donors (Lipinski definition) is 8. The van der Waals surface area contributed by atoms with Crippen molar-refractivity contribution in [3.63, 3.8) is 0 Å². The molecule has 0 bridgehead atoms. The third kappa shape index (κ3) is 9.44. The van der Waals surface area contributed by atoms with E-state index in [1.165, 1.54) is 6.20 Å². The maximum absolute atomic E-state index is 12.3. The van der Waals surface area contributed by atoms with Crippen molar-refractivity contribution in [2.24, 2.45) is 5.73 Å². The van der Waals surface area contributed by atoms with Crippen LogP contribution in [-0.2, 0) is 42.8 Å². The van der Waals surface area contributed by atoms with E-state index in [1.807, 2.05) is 0 Å². The van der Waals surface area contributed by atoms with Crippen LogP contribution in [-0.4, -0.2) is 72.0 Å². The predicted molar refractivity (Wildman–Crippen MR) is 113 cm³/mol. The molecule has 35 heavy (non-hydrogen) atoms. The molecule has 1 aromatic heterocycles. The molecule has 1 saturated heterocycles. The summed E-state index contributed by atoms with van der Waals surface area (Å²) in [5, 5.41) is 12.7. The maximum atomic E-state index is 12.3. The summed E-state index contributed by atoms with van der Waals surface area (Å²) < 4.78 is 51.8. The van der Waals surface area contributed by atoms with Crippen LogP contribution in [0.25, 0.3) is 0 Å². The molecule has 1 amide bonds. The van der Waals surface area contributed by atoms with Gasteiger partial charge < -0.3 is 46.2 Å². The van der Waals surface area contributed by atoms with Crippen LogP contribution in [0.1, 0.15) is 18.2 Å². The Morgan fingerprint density at radius 1 is 1.23 bits per heavy atom. The standard InChI is InChI=1S/C13H24N5O14P3/c14-1-2-16-10(20)3-7-5-18(13(21)17-12(7)15)11-4-8(19)9(30-11)6-29-34(25,26)32-35(27,28)31-33(22,23)24/h5,8-9,11,19H,1-4,6,14H2,(H,16,20)(H,25,26)(H,27,28)(H2,15,17,21)(H2,22,23,24)/t8-,9+,11+/m0/s1. The van der Waals surface area contributed by atoms with Crippen LogP contribution in [0, 0.1) is 0 Å². The van der Waals surface area contributed by atoms with Gasteiger partial charge >= 0.3 is 29.2 Å². The zero-order valence-electron chi connectivity index (χ0n) is 17.6. The molecule has 1 fully saturated rings. The first kappa shape index (κ1) is 29.7. The third-order valence-corrected chi connectivity index (χ3v) is 8.01. The molecular weight excluding hydrogens is 543 g/mol. The van der Waals surface area contributed by atoms with Crippen molar-refractivity contribution in [2.45, 2.75) is 31.3 Å². The lowest BCUT2D eigenvalue weighted by atomic mass is 10.2. The molecular formula is C13H24N5O14P3. The number of aliphatic hydroxyl groups excluding tert-OH is 1. The SMILES string of the molecule is NCCNC(=O)Cc1cn([C@H]2C[C@H](O)[C@@H](COP(=O)(O)OP(=O)(O)OP(=O)(O)O)O2)c(=O)nc1N.